The molecule has 1 aromatic carbocycles. The van der Waals surface area contributed by atoms with Crippen LogP contribution in [0.2, 0.25) is 0 Å². The summed E-state index contributed by atoms with van der Waals surface area (Å²) in [5, 5.41) is 9.55. The Hall–Kier alpha value is -1.95. The Morgan fingerprint density at radius 1 is 1.15 bits per heavy atom. The smallest absolute Gasteiger partial charge is 0.121 e. The van der Waals surface area contributed by atoms with Gasteiger partial charge < -0.3 is 9.84 Å². The molecule has 0 radical (unpaired) electrons. The normalized spacial score (nSPS) is 18.6. The molecule has 1 N–H and O–H groups in total. The fourth-order valence-corrected chi connectivity index (χ4v) is 3.92. The minimum atomic E-state index is 0.222. The molecule has 0 unspecified atom stereocenters. The van der Waals surface area contributed by atoms with Gasteiger partial charge in [0.2, 0.25) is 0 Å². The summed E-state index contributed by atoms with van der Waals surface area (Å²) >= 11 is 0. The molecule has 0 amide bonds. The zero-order valence-electron chi connectivity index (χ0n) is 16.7. The van der Waals surface area contributed by atoms with Gasteiger partial charge in [0.25, 0.3) is 0 Å². The number of aliphatic hydroxyl groups is 1. The maximum absolute atomic E-state index is 9.55. The van der Waals surface area contributed by atoms with Crippen LogP contribution < -0.4 is 4.74 Å². The van der Waals surface area contributed by atoms with Gasteiger partial charge >= 0.3 is 0 Å². The predicted molar refractivity (Wildman–Crippen MR) is 108 cm³/mol. The SMILES string of the molecule is COc1ccc(CN2CCN(Cc3cccc(C)n3)C[C@@H]2CCO)cc1C. The molecule has 2 heterocycles. The molecule has 0 aliphatic carbocycles. The topological polar surface area (TPSA) is 48.8 Å². The highest BCUT2D eigenvalue weighted by atomic mass is 16.5. The van der Waals surface area contributed by atoms with E-state index in [1.165, 1.54) is 5.56 Å². The molecule has 1 saturated heterocycles. The first-order valence-corrected chi connectivity index (χ1v) is 9.72. The molecule has 1 aliphatic heterocycles. The third kappa shape index (κ3) is 5.28. The first kappa shape index (κ1) is 19.8. The number of piperazine rings is 1. The molecule has 0 spiro atoms. The second-order valence-electron chi connectivity index (χ2n) is 7.45. The van der Waals surface area contributed by atoms with E-state index in [0.717, 1.165) is 61.8 Å². The van der Waals surface area contributed by atoms with Crippen molar-refractivity contribution >= 4 is 0 Å². The number of aliphatic hydroxyl groups excluding tert-OH is 1. The van der Waals surface area contributed by atoms with Crippen molar-refractivity contribution in [1.29, 1.82) is 0 Å². The van der Waals surface area contributed by atoms with Crippen LogP contribution in [-0.4, -0.2) is 59.3 Å². The molecule has 1 atom stereocenters. The third-order valence-electron chi connectivity index (χ3n) is 5.33. The maximum Gasteiger partial charge on any atom is 0.121 e. The van der Waals surface area contributed by atoms with E-state index >= 15 is 0 Å². The van der Waals surface area contributed by atoms with Crippen LogP contribution in [-0.2, 0) is 13.1 Å². The van der Waals surface area contributed by atoms with Crippen molar-refractivity contribution in [3.05, 3.63) is 58.9 Å². The van der Waals surface area contributed by atoms with Gasteiger partial charge in [0, 0.05) is 51.1 Å². The zero-order valence-corrected chi connectivity index (χ0v) is 16.7. The lowest BCUT2D eigenvalue weighted by molar-refractivity contribution is 0.0494. The Balaban J connectivity index is 1.64. The van der Waals surface area contributed by atoms with E-state index in [9.17, 15) is 5.11 Å². The summed E-state index contributed by atoms with van der Waals surface area (Å²) in [6.07, 6.45) is 0.798. The number of methoxy groups -OCH3 is 1. The van der Waals surface area contributed by atoms with Crippen LogP contribution in [0.3, 0.4) is 0 Å². The fraction of sp³-hybridized carbons (Fsp3) is 0.500. The molecule has 146 valence electrons. The molecular weight excluding hydrogens is 338 g/mol. The Morgan fingerprint density at radius 2 is 2.00 bits per heavy atom. The standard InChI is InChI=1S/C22H31N3O2/c1-17-13-19(7-8-22(17)27-3)14-25-11-10-24(16-21(25)9-12-26)15-20-6-4-5-18(2)23-20/h4-8,13,21,26H,9-12,14-16H2,1-3H3/t21-/m0/s1. The number of hydrogen-bond donors (Lipinski definition) is 1. The van der Waals surface area contributed by atoms with E-state index in [-0.39, 0.29) is 6.61 Å². The largest absolute Gasteiger partial charge is 0.496 e. The Bertz CT molecular complexity index is 750. The summed E-state index contributed by atoms with van der Waals surface area (Å²) in [5.74, 6) is 0.932. The van der Waals surface area contributed by atoms with Gasteiger partial charge in [0.1, 0.15) is 5.75 Å². The first-order chi connectivity index (χ1) is 13.1. The highest BCUT2D eigenvalue weighted by Crippen LogP contribution is 2.22. The van der Waals surface area contributed by atoms with Crippen LogP contribution in [0.15, 0.2) is 36.4 Å². The van der Waals surface area contributed by atoms with E-state index < -0.39 is 0 Å². The predicted octanol–water partition coefficient (Wildman–Crippen LogP) is 2.78. The quantitative estimate of drug-likeness (QED) is 0.813. The van der Waals surface area contributed by atoms with E-state index in [0.29, 0.717) is 6.04 Å². The summed E-state index contributed by atoms with van der Waals surface area (Å²) in [6.45, 7) is 9.11. The van der Waals surface area contributed by atoms with Crippen molar-refractivity contribution in [2.75, 3.05) is 33.4 Å². The minimum Gasteiger partial charge on any atom is -0.496 e. The number of nitrogens with zero attached hydrogens (tertiary/aromatic N) is 3. The molecule has 0 bridgehead atoms. The summed E-state index contributed by atoms with van der Waals surface area (Å²) < 4.78 is 5.37. The highest BCUT2D eigenvalue weighted by molar-refractivity contribution is 5.36. The van der Waals surface area contributed by atoms with Crippen molar-refractivity contribution in [3.8, 4) is 5.75 Å². The molecule has 1 fully saturated rings. The van der Waals surface area contributed by atoms with Gasteiger partial charge in [-0.05, 0) is 49.6 Å². The number of rotatable bonds is 7. The number of pyridine rings is 1. The Kier molecular flexibility index (Phi) is 6.83. The number of aryl methyl sites for hydroxylation is 2. The van der Waals surface area contributed by atoms with Crippen LogP contribution in [0.1, 0.15) is 28.9 Å². The van der Waals surface area contributed by atoms with Gasteiger partial charge in [0.05, 0.1) is 12.8 Å². The number of aromatic nitrogens is 1. The van der Waals surface area contributed by atoms with Gasteiger partial charge in [0.15, 0.2) is 0 Å². The van der Waals surface area contributed by atoms with E-state index in [1.807, 2.05) is 19.1 Å². The number of hydrogen-bond acceptors (Lipinski definition) is 5. The van der Waals surface area contributed by atoms with Gasteiger partial charge in [-0.25, -0.2) is 0 Å². The third-order valence-corrected chi connectivity index (χ3v) is 5.33. The lowest BCUT2D eigenvalue weighted by Crippen LogP contribution is -2.52. The maximum atomic E-state index is 9.55. The molecule has 1 aromatic heterocycles. The Labute approximate surface area is 162 Å². The summed E-state index contributed by atoms with van der Waals surface area (Å²) in [4.78, 5) is 9.59. The van der Waals surface area contributed by atoms with Crippen LogP contribution in [0.4, 0.5) is 0 Å². The van der Waals surface area contributed by atoms with Gasteiger partial charge in [-0.2, -0.15) is 0 Å². The number of ether oxygens (including phenoxy) is 1. The highest BCUT2D eigenvalue weighted by Gasteiger charge is 2.27. The van der Waals surface area contributed by atoms with E-state index in [4.69, 9.17) is 4.74 Å². The number of benzene rings is 1. The van der Waals surface area contributed by atoms with Crippen molar-refractivity contribution in [1.82, 2.24) is 14.8 Å². The van der Waals surface area contributed by atoms with Gasteiger partial charge in [-0.1, -0.05) is 18.2 Å². The average Bonchev–Trinajstić information content (AvgIpc) is 2.64. The second kappa shape index (κ2) is 9.31. The van der Waals surface area contributed by atoms with Crippen molar-refractivity contribution in [2.45, 2.75) is 39.4 Å². The van der Waals surface area contributed by atoms with Crippen molar-refractivity contribution < 1.29 is 9.84 Å². The van der Waals surface area contributed by atoms with E-state index in [1.54, 1.807) is 7.11 Å². The summed E-state index contributed by atoms with van der Waals surface area (Å²) in [6, 6.07) is 13.0. The van der Waals surface area contributed by atoms with Gasteiger partial charge in [-0.15, -0.1) is 0 Å². The second-order valence-corrected chi connectivity index (χ2v) is 7.45. The molecule has 5 nitrogen and oxygen atoms in total. The summed E-state index contributed by atoms with van der Waals surface area (Å²) in [7, 11) is 1.71. The molecule has 3 rings (SSSR count). The monoisotopic (exact) mass is 369 g/mol. The van der Waals surface area contributed by atoms with Crippen molar-refractivity contribution in [2.24, 2.45) is 0 Å². The molecule has 1 aliphatic rings. The van der Waals surface area contributed by atoms with Crippen LogP contribution in [0.5, 0.6) is 5.75 Å². The Morgan fingerprint density at radius 3 is 2.70 bits per heavy atom. The minimum absolute atomic E-state index is 0.222. The van der Waals surface area contributed by atoms with E-state index in [2.05, 4.69) is 46.0 Å². The lowest BCUT2D eigenvalue weighted by Gasteiger charge is -2.41. The molecule has 27 heavy (non-hydrogen) atoms. The van der Waals surface area contributed by atoms with Gasteiger partial charge in [-0.3, -0.25) is 14.8 Å². The average molecular weight is 370 g/mol. The summed E-state index contributed by atoms with van der Waals surface area (Å²) in [5.41, 5.74) is 4.65. The van der Waals surface area contributed by atoms with Crippen LogP contribution in [0.25, 0.3) is 0 Å². The molecule has 0 saturated carbocycles. The van der Waals surface area contributed by atoms with Crippen LogP contribution >= 0.6 is 0 Å². The molecule has 2 aromatic rings. The first-order valence-electron chi connectivity index (χ1n) is 9.72. The molecule has 5 heteroatoms. The van der Waals surface area contributed by atoms with Crippen molar-refractivity contribution in [3.63, 3.8) is 0 Å². The lowest BCUT2D eigenvalue weighted by atomic mass is 10.1. The fourth-order valence-electron chi connectivity index (χ4n) is 3.92. The zero-order chi connectivity index (χ0) is 19.2. The molecular formula is C22H31N3O2. The van der Waals surface area contributed by atoms with Crippen LogP contribution in [0, 0.1) is 13.8 Å².